The molecule has 1 N–H and O–H groups in total. The van der Waals surface area contributed by atoms with E-state index in [4.69, 9.17) is 4.74 Å². The Hall–Kier alpha value is -3.62. The van der Waals surface area contributed by atoms with E-state index in [1.807, 2.05) is 0 Å². The van der Waals surface area contributed by atoms with Gasteiger partial charge < -0.3 is 10.1 Å². The smallest absolute Gasteiger partial charge is 0.270 e. The molecule has 0 bridgehead atoms. The normalized spacial score (nSPS) is 15.5. The van der Waals surface area contributed by atoms with Gasteiger partial charge in [0, 0.05) is 31.1 Å². The van der Waals surface area contributed by atoms with Crippen molar-refractivity contribution in [3.05, 3.63) is 64.9 Å². The molecule has 0 saturated carbocycles. The summed E-state index contributed by atoms with van der Waals surface area (Å²) in [5.41, 5.74) is 1.09. The van der Waals surface area contributed by atoms with Crippen LogP contribution >= 0.6 is 0 Å². The molecule has 1 aliphatic heterocycles. The molecule has 0 saturated heterocycles. The molecule has 1 amide bonds. The fourth-order valence-corrected chi connectivity index (χ4v) is 3.20. The zero-order chi connectivity index (χ0) is 19.5. The molecule has 4 heterocycles. The van der Waals surface area contributed by atoms with E-state index in [1.54, 1.807) is 29.0 Å². The molecule has 3 aromatic rings. The van der Waals surface area contributed by atoms with Crippen molar-refractivity contribution >= 4 is 5.91 Å². The first-order chi connectivity index (χ1) is 13.7. The van der Waals surface area contributed by atoms with Crippen LogP contribution in [0.15, 0.2) is 47.8 Å². The quantitative estimate of drug-likeness (QED) is 0.730. The lowest BCUT2D eigenvalue weighted by atomic mass is 10.1. The molecular weight excluding hydrogens is 360 g/mol. The summed E-state index contributed by atoms with van der Waals surface area (Å²) in [6.45, 7) is 0.564. The predicted molar refractivity (Wildman–Crippen MR) is 99.8 cm³/mol. The summed E-state index contributed by atoms with van der Waals surface area (Å²) in [5, 5.41) is 2.94. The number of nitrogens with zero attached hydrogens (tertiary/aromatic N) is 5. The molecule has 9 heteroatoms. The average molecular weight is 378 g/mol. The van der Waals surface area contributed by atoms with Gasteiger partial charge in [-0.05, 0) is 25.0 Å². The SMILES string of the molecule is COc1ccnc(C(=O)NC2CCCn3c2nc(-c2ccncn2)cc3=O)c1. The number of hydrogen-bond donors (Lipinski definition) is 1. The van der Waals surface area contributed by atoms with Gasteiger partial charge in [-0.2, -0.15) is 0 Å². The van der Waals surface area contributed by atoms with E-state index in [-0.39, 0.29) is 17.2 Å². The third kappa shape index (κ3) is 3.46. The summed E-state index contributed by atoms with van der Waals surface area (Å²) >= 11 is 0. The van der Waals surface area contributed by atoms with Gasteiger partial charge in [-0.3, -0.25) is 19.1 Å². The van der Waals surface area contributed by atoms with E-state index in [0.717, 1.165) is 6.42 Å². The Morgan fingerprint density at radius 1 is 1.21 bits per heavy atom. The standard InChI is InChI=1S/C19H18N6O3/c1-28-12-4-7-21-16(9-12)19(27)24-14-3-2-8-25-17(26)10-15(23-18(14)25)13-5-6-20-11-22-13/h4-7,9-11,14H,2-3,8H2,1H3,(H,24,27). The van der Waals surface area contributed by atoms with Gasteiger partial charge >= 0.3 is 0 Å². The Morgan fingerprint density at radius 2 is 2.11 bits per heavy atom. The van der Waals surface area contributed by atoms with E-state index < -0.39 is 6.04 Å². The van der Waals surface area contributed by atoms with Crippen molar-refractivity contribution in [3.8, 4) is 17.1 Å². The van der Waals surface area contributed by atoms with Crippen molar-refractivity contribution < 1.29 is 9.53 Å². The van der Waals surface area contributed by atoms with Gasteiger partial charge in [0.1, 0.15) is 23.6 Å². The maximum atomic E-state index is 12.7. The minimum absolute atomic E-state index is 0.169. The maximum Gasteiger partial charge on any atom is 0.270 e. The Labute approximate surface area is 160 Å². The number of amides is 1. The van der Waals surface area contributed by atoms with Gasteiger partial charge in [0.2, 0.25) is 0 Å². The highest BCUT2D eigenvalue weighted by atomic mass is 16.5. The van der Waals surface area contributed by atoms with Crippen LogP contribution in [0.3, 0.4) is 0 Å². The molecular formula is C19H18N6O3. The number of aromatic nitrogens is 5. The van der Waals surface area contributed by atoms with E-state index in [2.05, 4.69) is 25.3 Å². The lowest BCUT2D eigenvalue weighted by molar-refractivity contribution is 0.0921. The van der Waals surface area contributed by atoms with Crippen molar-refractivity contribution in [3.63, 3.8) is 0 Å². The number of carbonyl (C=O) groups is 1. The molecule has 1 unspecified atom stereocenters. The van der Waals surface area contributed by atoms with Crippen LogP contribution in [0.4, 0.5) is 0 Å². The van der Waals surface area contributed by atoms with Crippen molar-refractivity contribution in [2.75, 3.05) is 7.11 Å². The number of nitrogens with one attached hydrogen (secondary N) is 1. The highest BCUT2D eigenvalue weighted by Crippen LogP contribution is 2.24. The first kappa shape index (κ1) is 17.8. The Balaban J connectivity index is 1.67. The van der Waals surface area contributed by atoms with E-state index in [9.17, 15) is 9.59 Å². The van der Waals surface area contributed by atoms with Gasteiger partial charge in [0.05, 0.1) is 24.5 Å². The average Bonchev–Trinajstić information content (AvgIpc) is 2.75. The monoisotopic (exact) mass is 378 g/mol. The molecule has 3 aromatic heterocycles. The van der Waals surface area contributed by atoms with Crippen LogP contribution < -0.4 is 15.6 Å². The molecule has 1 aliphatic rings. The summed E-state index contributed by atoms with van der Waals surface area (Å²) < 4.78 is 6.74. The second kappa shape index (κ2) is 7.55. The van der Waals surface area contributed by atoms with Gasteiger partial charge in [-0.25, -0.2) is 15.0 Å². The topological polar surface area (TPSA) is 112 Å². The van der Waals surface area contributed by atoms with Crippen LogP contribution in [0.25, 0.3) is 11.4 Å². The third-order valence-corrected chi connectivity index (χ3v) is 4.57. The number of fused-ring (bicyclic) bond motifs is 1. The van der Waals surface area contributed by atoms with E-state index in [0.29, 0.717) is 35.9 Å². The Bertz CT molecular complexity index is 1070. The second-order valence-electron chi connectivity index (χ2n) is 6.33. The highest BCUT2D eigenvalue weighted by molar-refractivity contribution is 5.92. The molecule has 0 spiro atoms. The van der Waals surface area contributed by atoms with Crippen LogP contribution in [0.1, 0.15) is 35.2 Å². The minimum atomic E-state index is -0.399. The lowest BCUT2D eigenvalue weighted by Crippen LogP contribution is -2.38. The van der Waals surface area contributed by atoms with Crippen molar-refractivity contribution in [2.24, 2.45) is 0 Å². The molecule has 0 fully saturated rings. The molecule has 0 aliphatic carbocycles. The largest absolute Gasteiger partial charge is 0.497 e. The molecule has 28 heavy (non-hydrogen) atoms. The number of hydrogen-bond acceptors (Lipinski definition) is 7. The zero-order valence-corrected chi connectivity index (χ0v) is 15.2. The number of carbonyl (C=O) groups excluding carboxylic acids is 1. The minimum Gasteiger partial charge on any atom is -0.497 e. The van der Waals surface area contributed by atoms with E-state index >= 15 is 0 Å². The van der Waals surface area contributed by atoms with Crippen molar-refractivity contribution in [1.29, 1.82) is 0 Å². The lowest BCUT2D eigenvalue weighted by Gasteiger charge is -2.26. The molecule has 0 radical (unpaired) electrons. The van der Waals surface area contributed by atoms with Crippen LogP contribution in [0.2, 0.25) is 0 Å². The van der Waals surface area contributed by atoms with Gasteiger partial charge in [0.15, 0.2) is 0 Å². The first-order valence-corrected chi connectivity index (χ1v) is 8.85. The van der Waals surface area contributed by atoms with Crippen LogP contribution in [-0.2, 0) is 6.54 Å². The summed E-state index contributed by atoms with van der Waals surface area (Å²) in [4.78, 5) is 42.0. The Kier molecular flexibility index (Phi) is 4.79. The van der Waals surface area contributed by atoms with Gasteiger partial charge in [0.25, 0.3) is 11.5 Å². The summed E-state index contributed by atoms with van der Waals surface area (Å²) in [6, 6.07) is 5.98. The molecule has 0 aromatic carbocycles. The maximum absolute atomic E-state index is 12.7. The molecule has 1 atom stereocenters. The Morgan fingerprint density at radius 3 is 2.89 bits per heavy atom. The van der Waals surface area contributed by atoms with Gasteiger partial charge in [-0.1, -0.05) is 0 Å². The molecule has 4 rings (SSSR count). The number of methoxy groups -OCH3 is 1. The van der Waals surface area contributed by atoms with Gasteiger partial charge in [-0.15, -0.1) is 0 Å². The van der Waals surface area contributed by atoms with E-state index in [1.165, 1.54) is 25.7 Å². The van der Waals surface area contributed by atoms with Crippen molar-refractivity contribution in [2.45, 2.75) is 25.4 Å². The molecule has 142 valence electrons. The highest BCUT2D eigenvalue weighted by Gasteiger charge is 2.26. The summed E-state index contributed by atoms with van der Waals surface area (Å²) in [6.07, 6.45) is 5.95. The third-order valence-electron chi connectivity index (χ3n) is 4.57. The number of pyridine rings is 1. The summed E-state index contributed by atoms with van der Waals surface area (Å²) in [7, 11) is 1.53. The number of rotatable bonds is 4. The summed E-state index contributed by atoms with van der Waals surface area (Å²) in [5.74, 6) is 0.715. The fourth-order valence-electron chi connectivity index (χ4n) is 3.20. The first-order valence-electron chi connectivity index (χ1n) is 8.85. The van der Waals surface area contributed by atoms with Crippen LogP contribution in [0.5, 0.6) is 5.75 Å². The molecule has 9 nitrogen and oxygen atoms in total. The number of ether oxygens (including phenoxy) is 1. The van der Waals surface area contributed by atoms with Crippen LogP contribution in [-0.4, -0.2) is 37.5 Å². The predicted octanol–water partition coefficient (Wildman–Crippen LogP) is 1.37. The van der Waals surface area contributed by atoms with Crippen molar-refractivity contribution in [1.82, 2.24) is 29.8 Å². The fraction of sp³-hybridized carbons (Fsp3) is 0.263. The second-order valence-corrected chi connectivity index (χ2v) is 6.33. The van der Waals surface area contributed by atoms with Crippen LogP contribution in [0, 0.1) is 0 Å². The zero-order valence-electron chi connectivity index (χ0n) is 15.2.